The number of fused-ring (bicyclic) bond motifs is 1. The summed E-state index contributed by atoms with van der Waals surface area (Å²) in [4.78, 5) is 26.7. The molecule has 4 aromatic rings. The number of furan rings is 1. The van der Waals surface area contributed by atoms with Crippen molar-refractivity contribution in [2.24, 2.45) is 0 Å². The molecule has 5 heterocycles. The molecule has 1 aliphatic rings. The molecule has 5 rings (SSSR count). The maximum atomic E-state index is 10.6. The minimum absolute atomic E-state index is 0.202. The minimum atomic E-state index is -5.08. The Morgan fingerprint density at radius 1 is 0.952 bits per heavy atom. The molecule has 0 aliphatic carbocycles. The van der Waals surface area contributed by atoms with E-state index in [4.69, 9.17) is 24.2 Å². The Morgan fingerprint density at radius 2 is 1.57 bits per heavy atom. The van der Waals surface area contributed by atoms with Gasteiger partial charge in [-0.05, 0) is 42.9 Å². The zero-order chi connectivity index (χ0) is 31.1. The van der Waals surface area contributed by atoms with Gasteiger partial charge in [-0.3, -0.25) is 14.8 Å². The molecule has 1 fully saturated rings. The number of halogens is 6. The fraction of sp³-hybridized carbons (Fsp3) is 0.320. The van der Waals surface area contributed by atoms with Crippen molar-refractivity contribution in [2.45, 2.75) is 24.9 Å². The van der Waals surface area contributed by atoms with Crippen LogP contribution in [-0.4, -0.2) is 90.8 Å². The lowest BCUT2D eigenvalue weighted by Crippen LogP contribution is -2.46. The van der Waals surface area contributed by atoms with Gasteiger partial charge in [0, 0.05) is 43.8 Å². The van der Waals surface area contributed by atoms with Gasteiger partial charge in [0.25, 0.3) is 0 Å². The molecule has 0 amide bonds. The monoisotopic (exact) mass is 602 g/mol. The number of rotatable bonds is 4. The van der Waals surface area contributed by atoms with Crippen LogP contribution in [0.4, 0.5) is 26.3 Å². The van der Waals surface area contributed by atoms with Gasteiger partial charge in [0.2, 0.25) is 0 Å². The summed E-state index contributed by atoms with van der Waals surface area (Å²) in [5, 5.41) is 23.2. The van der Waals surface area contributed by atoms with Gasteiger partial charge in [-0.1, -0.05) is 11.3 Å². The van der Waals surface area contributed by atoms with Crippen molar-refractivity contribution in [3.63, 3.8) is 0 Å². The summed E-state index contributed by atoms with van der Waals surface area (Å²) in [5.41, 5.74) is 4.29. The number of nitrogens with zero attached hydrogens (tertiary/aromatic N) is 6. The molecule has 42 heavy (non-hydrogen) atoms. The fourth-order valence-electron chi connectivity index (χ4n) is 3.86. The van der Waals surface area contributed by atoms with E-state index < -0.39 is 24.3 Å². The van der Waals surface area contributed by atoms with Crippen molar-refractivity contribution in [3.8, 4) is 11.1 Å². The number of carbonyl (C=O) groups is 2. The molecule has 0 spiro atoms. The number of piperazine rings is 1. The number of carboxylic acids is 2. The zero-order valence-corrected chi connectivity index (χ0v) is 21.7. The van der Waals surface area contributed by atoms with Crippen molar-refractivity contribution in [1.82, 2.24) is 29.6 Å². The first-order valence-electron chi connectivity index (χ1n) is 12.0. The van der Waals surface area contributed by atoms with E-state index in [1.807, 2.05) is 35.0 Å². The third kappa shape index (κ3) is 8.74. The maximum absolute atomic E-state index is 10.6. The van der Waals surface area contributed by atoms with Gasteiger partial charge in [0.05, 0.1) is 24.4 Å². The lowest BCUT2D eigenvalue weighted by Gasteiger charge is -2.38. The van der Waals surface area contributed by atoms with Crippen molar-refractivity contribution in [2.75, 3.05) is 26.7 Å². The molecule has 11 nitrogen and oxygen atoms in total. The number of hydrogen-bond donors (Lipinski definition) is 2. The van der Waals surface area contributed by atoms with Crippen LogP contribution in [0, 0.1) is 0 Å². The minimum Gasteiger partial charge on any atom is -0.475 e. The fourth-order valence-corrected chi connectivity index (χ4v) is 3.86. The number of hydrogen-bond acceptors (Lipinski definition) is 8. The molecule has 0 saturated carbocycles. The van der Waals surface area contributed by atoms with E-state index in [1.54, 1.807) is 18.7 Å². The molecule has 0 bridgehead atoms. The number of aromatic nitrogens is 4. The highest BCUT2D eigenvalue weighted by Gasteiger charge is 2.39. The van der Waals surface area contributed by atoms with Gasteiger partial charge < -0.3 is 14.6 Å². The predicted octanol–water partition coefficient (Wildman–Crippen LogP) is 4.14. The lowest BCUT2D eigenvalue weighted by atomic mass is 10.1. The van der Waals surface area contributed by atoms with Crippen molar-refractivity contribution in [3.05, 3.63) is 72.7 Å². The molecule has 4 aromatic heterocycles. The maximum Gasteiger partial charge on any atom is 0.490 e. The summed E-state index contributed by atoms with van der Waals surface area (Å²) in [7, 11) is 2.16. The molecule has 1 atom stereocenters. The van der Waals surface area contributed by atoms with E-state index in [0.717, 1.165) is 54.3 Å². The van der Waals surface area contributed by atoms with E-state index in [2.05, 4.69) is 44.3 Å². The molecular weight excluding hydrogens is 578 g/mol. The molecule has 1 saturated heterocycles. The number of pyridine rings is 2. The highest BCUT2D eigenvalue weighted by molar-refractivity contribution is 5.73. The van der Waals surface area contributed by atoms with Crippen molar-refractivity contribution < 1.29 is 50.6 Å². The first-order valence-corrected chi connectivity index (χ1v) is 12.0. The second kappa shape index (κ2) is 13.4. The highest BCUT2D eigenvalue weighted by atomic mass is 19.4. The smallest absolute Gasteiger partial charge is 0.475 e. The summed E-state index contributed by atoms with van der Waals surface area (Å²) in [6.07, 6.45) is -2.80. The predicted molar refractivity (Wildman–Crippen MR) is 133 cm³/mol. The quantitative estimate of drug-likeness (QED) is 0.328. The Kier molecular flexibility index (Phi) is 10.2. The van der Waals surface area contributed by atoms with Gasteiger partial charge in [-0.2, -0.15) is 26.3 Å². The molecule has 1 aliphatic heterocycles. The van der Waals surface area contributed by atoms with Crippen LogP contribution in [0.5, 0.6) is 0 Å². The summed E-state index contributed by atoms with van der Waals surface area (Å²) < 4.78 is 70.9. The van der Waals surface area contributed by atoms with Crippen LogP contribution in [0.25, 0.3) is 16.6 Å². The molecule has 226 valence electrons. The van der Waals surface area contributed by atoms with E-state index in [9.17, 15) is 26.3 Å². The van der Waals surface area contributed by atoms with Crippen LogP contribution in [0.1, 0.15) is 17.5 Å². The van der Waals surface area contributed by atoms with Crippen LogP contribution in [0.3, 0.4) is 0 Å². The number of aliphatic carboxylic acids is 2. The lowest BCUT2D eigenvalue weighted by molar-refractivity contribution is -0.193. The first kappa shape index (κ1) is 32.0. The zero-order valence-electron chi connectivity index (χ0n) is 21.7. The average molecular weight is 602 g/mol. The van der Waals surface area contributed by atoms with E-state index in [1.165, 1.54) is 0 Å². The topological polar surface area (TPSA) is 137 Å². The Hall–Kier alpha value is -4.51. The van der Waals surface area contributed by atoms with Crippen LogP contribution in [0.2, 0.25) is 0 Å². The van der Waals surface area contributed by atoms with Crippen LogP contribution in [-0.2, 0) is 16.1 Å². The highest BCUT2D eigenvalue weighted by Crippen LogP contribution is 2.28. The van der Waals surface area contributed by atoms with Gasteiger partial charge in [0.15, 0.2) is 0 Å². The third-order valence-electron chi connectivity index (χ3n) is 5.95. The summed E-state index contributed by atoms with van der Waals surface area (Å²) >= 11 is 0. The standard InChI is InChI=1S/C21H22N6O.2C2HF3O2/c1-25-10-11-26(14-18-3-2-12-28-18)15-20(25)21-19-5-4-17(13-27(19)24-23-21)16-6-8-22-9-7-16;2*3-2(4,5)1(6)7/h2-9,12-13,20H,10-11,14-15H2,1H3;2*(H,6,7). The van der Waals surface area contributed by atoms with E-state index in [0.29, 0.717) is 0 Å². The third-order valence-corrected chi connectivity index (χ3v) is 5.95. The number of alkyl halides is 6. The first-order chi connectivity index (χ1) is 19.7. The van der Waals surface area contributed by atoms with Gasteiger partial charge in [-0.25, -0.2) is 14.1 Å². The van der Waals surface area contributed by atoms with Gasteiger partial charge in [-0.15, -0.1) is 5.10 Å². The molecule has 2 N–H and O–H groups in total. The van der Waals surface area contributed by atoms with Gasteiger partial charge in [0.1, 0.15) is 11.5 Å². The van der Waals surface area contributed by atoms with Crippen LogP contribution >= 0.6 is 0 Å². The van der Waals surface area contributed by atoms with Crippen molar-refractivity contribution in [1.29, 1.82) is 0 Å². The SMILES string of the molecule is CN1CCN(Cc2ccco2)CC1c1nnn2cc(-c3ccncc3)ccc12.O=C(O)C(F)(F)F.O=C(O)C(F)(F)F. The van der Waals surface area contributed by atoms with Crippen LogP contribution < -0.4 is 0 Å². The average Bonchev–Trinajstić information content (AvgIpc) is 3.59. The summed E-state index contributed by atoms with van der Waals surface area (Å²) in [5.74, 6) is -4.52. The summed E-state index contributed by atoms with van der Waals surface area (Å²) in [6, 6.07) is 12.4. The number of carboxylic acid groups (broad SMARTS) is 2. The number of likely N-dealkylation sites (N-methyl/N-ethyl adjacent to an activating group) is 1. The normalized spacial score (nSPS) is 16.2. The molecule has 17 heteroatoms. The Bertz CT molecular complexity index is 1440. The van der Waals surface area contributed by atoms with Gasteiger partial charge >= 0.3 is 24.3 Å². The molecule has 0 aromatic carbocycles. The molecule has 0 radical (unpaired) electrons. The second-order valence-electron chi connectivity index (χ2n) is 8.87. The largest absolute Gasteiger partial charge is 0.490 e. The Labute approximate surface area is 233 Å². The Balaban J connectivity index is 0.000000289. The summed E-state index contributed by atoms with van der Waals surface area (Å²) in [6.45, 7) is 3.72. The van der Waals surface area contributed by atoms with E-state index in [-0.39, 0.29) is 6.04 Å². The second-order valence-corrected chi connectivity index (χ2v) is 8.87. The molecular formula is C25H24F6N6O5. The molecule has 1 unspecified atom stereocenters. The van der Waals surface area contributed by atoms with Crippen LogP contribution in [0.15, 0.2) is 65.7 Å². The Morgan fingerprint density at radius 3 is 2.12 bits per heavy atom. The van der Waals surface area contributed by atoms with E-state index >= 15 is 0 Å². The van der Waals surface area contributed by atoms with Crippen molar-refractivity contribution >= 4 is 17.5 Å².